The van der Waals surface area contributed by atoms with Gasteiger partial charge in [0.25, 0.3) is 0 Å². The first-order valence-electron chi connectivity index (χ1n) is 3.18. The van der Waals surface area contributed by atoms with E-state index in [2.05, 4.69) is 13.8 Å². The number of ether oxygens (including phenoxy) is 1. The van der Waals surface area contributed by atoms with Crippen LogP contribution in [0.25, 0.3) is 0 Å². The van der Waals surface area contributed by atoms with Gasteiger partial charge >= 0.3 is 0 Å². The van der Waals surface area contributed by atoms with E-state index in [0.717, 1.165) is 19.6 Å². The summed E-state index contributed by atoms with van der Waals surface area (Å²) < 4.78 is 5.15. The van der Waals surface area contributed by atoms with Crippen molar-refractivity contribution in [3.8, 4) is 0 Å². The Hall–Kier alpha value is -0.0400. The number of hydrogen-bond acceptors (Lipinski definition) is 1. The van der Waals surface area contributed by atoms with Crippen molar-refractivity contribution in [2.45, 2.75) is 20.3 Å². The van der Waals surface area contributed by atoms with Crippen molar-refractivity contribution < 1.29 is 4.74 Å². The summed E-state index contributed by atoms with van der Waals surface area (Å²) in [7, 11) is 0. The van der Waals surface area contributed by atoms with Gasteiger partial charge in [-0.1, -0.05) is 13.8 Å². The molecule has 0 rings (SSSR count). The van der Waals surface area contributed by atoms with E-state index in [4.69, 9.17) is 4.74 Å². The largest absolute Gasteiger partial charge is 0.381 e. The predicted molar refractivity (Wildman–Crippen MR) is 35.6 cm³/mol. The van der Waals surface area contributed by atoms with Gasteiger partial charge in [0.05, 0.1) is 0 Å². The molecule has 0 N–H and O–H groups in total. The maximum absolute atomic E-state index is 5.15. The van der Waals surface area contributed by atoms with Crippen LogP contribution in [0.4, 0.5) is 0 Å². The minimum Gasteiger partial charge on any atom is -0.381 e. The summed E-state index contributed by atoms with van der Waals surface area (Å²) in [5.74, 6) is 0.620. The molecule has 0 amide bonds. The van der Waals surface area contributed by atoms with Crippen LogP contribution in [0.5, 0.6) is 0 Å². The Balaban J connectivity index is 2.86. The van der Waals surface area contributed by atoms with Crippen LogP contribution in [0.2, 0.25) is 0 Å². The fourth-order valence-electron chi connectivity index (χ4n) is 0.402. The smallest absolute Gasteiger partial charge is 0.0491 e. The Morgan fingerprint density at radius 1 is 1.62 bits per heavy atom. The minimum atomic E-state index is 0.620. The Kier molecular flexibility index (Phi) is 5.08. The molecule has 1 atom stereocenters. The standard InChI is InChI=1S/C7H15O/c1-4-7(3)6-8-5-2/h7H,1,4-6H2,2-3H3. The van der Waals surface area contributed by atoms with Gasteiger partial charge in [-0.25, -0.2) is 0 Å². The lowest BCUT2D eigenvalue weighted by Gasteiger charge is -2.05. The quantitative estimate of drug-likeness (QED) is 0.543. The summed E-state index contributed by atoms with van der Waals surface area (Å²) in [6.07, 6.45) is 0.972. The molecule has 0 heterocycles. The van der Waals surface area contributed by atoms with Gasteiger partial charge < -0.3 is 4.74 Å². The van der Waals surface area contributed by atoms with E-state index in [-0.39, 0.29) is 0 Å². The van der Waals surface area contributed by atoms with E-state index in [1.54, 1.807) is 0 Å². The predicted octanol–water partition coefficient (Wildman–Crippen LogP) is 1.88. The molecule has 0 saturated carbocycles. The molecule has 0 aromatic carbocycles. The van der Waals surface area contributed by atoms with E-state index >= 15 is 0 Å². The summed E-state index contributed by atoms with van der Waals surface area (Å²) in [6.45, 7) is 9.59. The molecule has 0 aliphatic heterocycles. The molecule has 0 bridgehead atoms. The normalized spacial score (nSPS) is 13.9. The molecule has 1 unspecified atom stereocenters. The molecule has 0 saturated heterocycles. The highest BCUT2D eigenvalue weighted by atomic mass is 16.5. The SMILES string of the molecule is [CH2]CC(C)COCC. The number of rotatable bonds is 4. The Morgan fingerprint density at radius 3 is 2.62 bits per heavy atom. The van der Waals surface area contributed by atoms with Gasteiger partial charge in [-0.05, 0) is 19.3 Å². The molecule has 8 heavy (non-hydrogen) atoms. The Labute approximate surface area is 52.0 Å². The summed E-state index contributed by atoms with van der Waals surface area (Å²) in [6, 6.07) is 0. The zero-order chi connectivity index (χ0) is 6.41. The minimum absolute atomic E-state index is 0.620. The van der Waals surface area contributed by atoms with Gasteiger partial charge in [0.2, 0.25) is 0 Å². The van der Waals surface area contributed by atoms with E-state index in [9.17, 15) is 0 Å². The number of hydrogen-bond donors (Lipinski definition) is 0. The molecular formula is C7H15O. The molecule has 1 nitrogen and oxygen atoms in total. The van der Waals surface area contributed by atoms with E-state index in [1.165, 1.54) is 0 Å². The van der Waals surface area contributed by atoms with E-state index in [0.29, 0.717) is 5.92 Å². The van der Waals surface area contributed by atoms with Gasteiger partial charge in [0.1, 0.15) is 0 Å². The van der Waals surface area contributed by atoms with Crippen LogP contribution in [0.15, 0.2) is 0 Å². The summed E-state index contributed by atoms with van der Waals surface area (Å²) >= 11 is 0. The highest BCUT2D eigenvalue weighted by molar-refractivity contribution is 4.50. The lowest BCUT2D eigenvalue weighted by atomic mass is 10.1. The van der Waals surface area contributed by atoms with Gasteiger partial charge in [-0.3, -0.25) is 0 Å². The molecule has 1 radical (unpaired) electrons. The zero-order valence-corrected chi connectivity index (χ0v) is 5.81. The molecule has 0 spiro atoms. The second kappa shape index (κ2) is 5.10. The fourth-order valence-corrected chi connectivity index (χ4v) is 0.402. The van der Waals surface area contributed by atoms with Crippen LogP contribution in [-0.2, 0) is 4.74 Å². The maximum Gasteiger partial charge on any atom is 0.0491 e. The molecule has 0 aromatic heterocycles. The van der Waals surface area contributed by atoms with Crippen LogP contribution in [0.1, 0.15) is 20.3 Å². The Bertz CT molecular complexity index is 43.7. The second-order valence-corrected chi connectivity index (χ2v) is 2.05. The van der Waals surface area contributed by atoms with Gasteiger partial charge in [0.15, 0.2) is 0 Å². The van der Waals surface area contributed by atoms with Crippen LogP contribution in [0, 0.1) is 12.8 Å². The van der Waals surface area contributed by atoms with Crippen molar-refractivity contribution in [1.82, 2.24) is 0 Å². The van der Waals surface area contributed by atoms with Gasteiger partial charge in [0, 0.05) is 13.2 Å². The monoisotopic (exact) mass is 115 g/mol. The highest BCUT2D eigenvalue weighted by Crippen LogP contribution is 1.98. The van der Waals surface area contributed by atoms with Crippen LogP contribution < -0.4 is 0 Å². The topological polar surface area (TPSA) is 9.23 Å². The highest BCUT2D eigenvalue weighted by Gasteiger charge is 1.94. The molecule has 1 heteroatoms. The van der Waals surface area contributed by atoms with Gasteiger partial charge in [-0.15, -0.1) is 0 Å². The van der Waals surface area contributed by atoms with Crippen molar-refractivity contribution in [1.29, 1.82) is 0 Å². The van der Waals surface area contributed by atoms with Crippen molar-refractivity contribution in [2.75, 3.05) is 13.2 Å². The molecule has 0 aliphatic rings. The first-order chi connectivity index (χ1) is 3.81. The average molecular weight is 115 g/mol. The van der Waals surface area contributed by atoms with Crippen molar-refractivity contribution in [3.05, 3.63) is 6.92 Å². The molecule has 0 aliphatic carbocycles. The fraction of sp³-hybridized carbons (Fsp3) is 0.857. The zero-order valence-electron chi connectivity index (χ0n) is 5.81. The molecule has 49 valence electrons. The molecule has 0 aromatic rings. The molecule has 0 fully saturated rings. The van der Waals surface area contributed by atoms with Crippen LogP contribution >= 0.6 is 0 Å². The third-order valence-electron chi connectivity index (χ3n) is 1.10. The second-order valence-electron chi connectivity index (χ2n) is 2.05. The summed E-state index contributed by atoms with van der Waals surface area (Å²) in [5, 5.41) is 0. The van der Waals surface area contributed by atoms with Gasteiger partial charge in [-0.2, -0.15) is 0 Å². The summed E-state index contributed by atoms with van der Waals surface area (Å²) in [5.41, 5.74) is 0. The van der Waals surface area contributed by atoms with Crippen molar-refractivity contribution in [2.24, 2.45) is 5.92 Å². The maximum atomic E-state index is 5.15. The first kappa shape index (κ1) is 7.96. The van der Waals surface area contributed by atoms with Crippen LogP contribution in [-0.4, -0.2) is 13.2 Å². The Morgan fingerprint density at radius 2 is 2.25 bits per heavy atom. The summed E-state index contributed by atoms with van der Waals surface area (Å²) in [4.78, 5) is 0. The van der Waals surface area contributed by atoms with Crippen LogP contribution in [0.3, 0.4) is 0 Å². The van der Waals surface area contributed by atoms with Crippen molar-refractivity contribution >= 4 is 0 Å². The third kappa shape index (κ3) is 4.13. The first-order valence-corrected chi connectivity index (χ1v) is 3.18. The molecular weight excluding hydrogens is 100 g/mol. The van der Waals surface area contributed by atoms with E-state index in [1.807, 2.05) is 6.92 Å². The lowest BCUT2D eigenvalue weighted by molar-refractivity contribution is 0.117. The lowest BCUT2D eigenvalue weighted by Crippen LogP contribution is -2.03. The third-order valence-corrected chi connectivity index (χ3v) is 1.10. The van der Waals surface area contributed by atoms with E-state index < -0.39 is 0 Å². The van der Waals surface area contributed by atoms with Crippen molar-refractivity contribution in [3.63, 3.8) is 0 Å². The average Bonchev–Trinajstić information content (AvgIpc) is 1.83.